The van der Waals surface area contributed by atoms with E-state index in [1.165, 1.54) is 24.6 Å². The summed E-state index contributed by atoms with van der Waals surface area (Å²) in [6, 6.07) is 9.77. The molecule has 1 aliphatic carbocycles. The van der Waals surface area contributed by atoms with Crippen LogP contribution in [0.2, 0.25) is 0 Å². The number of amides is 1. The van der Waals surface area contributed by atoms with Gasteiger partial charge < -0.3 is 29.6 Å². The van der Waals surface area contributed by atoms with Crippen molar-refractivity contribution in [1.82, 2.24) is 14.9 Å². The molecule has 0 spiro atoms. The first-order chi connectivity index (χ1) is 18.3. The number of aliphatic carboxylic acids is 1. The van der Waals surface area contributed by atoms with Gasteiger partial charge in [-0.25, -0.2) is 14.6 Å². The molecule has 10 heteroatoms. The number of furan rings is 1. The van der Waals surface area contributed by atoms with Crippen LogP contribution in [0.25, 0.3) is 22.4 Å². The number of benzene rings is 2. The summed E-state index contributed by atoms with van der Waals surface area (Å²) in [5.74, 6) is -2.85. The highest BCUT2D eigenvalue weighted by Crippen LogP contribution is 2.36. The Bertz CT molecular complexity index is 1500. The first-order valence-electron chi connectivity index (χ1n) is 12.4. The largest absolute Gasteiger partial charge is 0.507 e. The third-order valence-corrected chi connectivity index (χ3v) is 7.01. The number of hydrogen-bond donors (Lipinski definition) is 4. The molecule has 0 bridgehead atoms. The lowest BCUT2D eigenvalue weighted by Gasteiger charge is -2.25. The molecule has 38 heavy (non-hydrogen) atoms. The van der Waals surface area contributed by atoms with Crippen molar-refractivity contribution in [2.45, 2.75) is 50.6 Å². The van der Waals surface area contributed by atoms with Gasteiger partial charge in [-0.3, -0.25) is 4.79 Å². The number of aromatic carboxylic acids is 1. The molecule has 5 rings (SSSR count). The monoisotopic (exact) mass is 517 g/mol. The third-order valence-electron chi connectivity index (χ3n) is 7.01. The van der Waals surface area contributed by atoms with Crippen LogP contribution in [0, 0.1) is 0 Å². The van der Waals surface area contributed by atoms with Gasteiger partial charge in [0.05, 0.1) is 22.9 Å². The van der Waals surface area contributed by atoms with Gasteiger partial charge in [0.1, 0.15) is 29.4 Å². The van der Waals surface area contributed by atoms with E-state index >= 15 is 0 Å². The number of rotatable bonds is 8. The topological polar surface area (TPSA) is 155 Å². The molecule has 1 aliphatic rings. The minimum absolute atomic E-state index is 0.162. The van der Waals surface area contributed by atoms with Crippen molar-refractivity contribution in [3.8, 4) is 17.1 Å². The zero-order chi connectivity index (χ0) is 26.8. The van der Waals surface area contributed by atoms with Gasteiger partial charge in [0.15, 0.2) is 0 Å². The summed E-state index contributed by atoms with van der Waals surface area (Å²) >= 11 is 0. The Morgan fingerprint density at radius 2 is 1.84 bits per heavy atom. The quantitative estimate of drug-likeness (QED) is 0.264. The van der Waals surface area contributed by atoms with Crippen molar-refractivity contribution in [1.29, 1.82) is 0 Å². The highest BCUT2D eigenvalue weighted by Gasteiger charge is 2.25. The van der Waals surface area contributed by atoms with Crippen molar-refractivity contribution in [2.24, 2.45) is 0 Å². The molecule has 10 nitrogen and oxygen atoms in total. The van der Waals surface area contributed by atoms with Crippen LogP contribution >= 0.6 is 0 Å². The molecule has 0 saturated heterocycles. The van der Waals surface area contributed by atoms with Crippen LogP contribution < -0.4 is 5.32 Å². The second-order valence-electron chi connectivity index (χ2n) is 9.54. The normalized spacial score (nSPS) is 14.8. The van der Waals surface area contributed by atoms with Gasteiger partial charge in [0.25, 0.3) is 5.91 Å². The van der Waals surface area contributed by atoms with Crippen molar-refractivity contribution in [2.75, 3.05) is 0 Å². The standard InChI is InChI=1S/C28H27N3O7/c32-24-9-6-16(12-20(24)27(34)35)13-22(28(36)37)30-26(33)17-7-8-23-21(14-17)29-25(18-10-11-38-15-18)31(23)19-4-2-1-3-5-19/h6-12,14-15,19,22,32H,1-5,13H2,(H,30,33)(H,34,35)(H,36,37). The minimum Gasteiger partial charge on any atom is -0.507 e. The molecule has 1 amide bonds. The first-order valence-corrected chi connectivity index (χ1v) is 12.4. The maximum absolute atomic E-state index is 13.1. The van der Waals surface area contributed by atoms with Crippen molar-refractivity contribution in [3.63, 3.8) is 0 Å². The molecule has 2 heterocycles. The Morgan fingerprint density at radius 1 is 1.05 bits per heavy atom. The molecule has 2 aromatic carbocycles. The number of carbonyl (C=O) groups is 3. The van der Waals surface area contributed by atoms with E-state index in [0.29, 0.717) is 11.1 Å². The summed E-state index contributed by atoms with van der Waals surface area (Å²) in [5.41, 5.74) is 2.62. The molecule has 1 saturated carbocycles. The highest BCUT2D eigenvalue weighted by atomic mass is 16.4. The maximum Gasteiger partial charge on any atom is 0.339 e. The summed E-state index contributed by atoms with van der Waals surface area (Å²) in [6.45, 7) is 0. The Hall–Kier alpha value is -4.60. The van der Waals surface area contributed by atoms with E-state index in [2.05, 4.69) is 9.88 Å². The molecule has 1 fully saturated rings. The zero-order valence-electron chi connectivity index (χ0n) is 20.5. The second-order valence-corrected chi connectivity index (χ2v) is 9.54. The molecular weight excluding hydrogens is 490 g/mol. The van der Waals surface area contributed by atoms with Gasteiger partial charge >= 0.3 is 11.9 Å². The van der Waals surface area contributed by atoms with Crippen LogP contribution in [-0.2, 0) is 11.2 Å². The fourth-order valence-electron chi connectivity index (χ4n) is 5.10. The first kappa shape index (κ1) is 25.1. The number of carboxylic acid groups (broad SMARTS) is 2. The van der Waals surface area contributed by atoms with E-state index in [0.717, 1.165) is 42.6 Å². The van der Waals surface area contributed by atoms with Crippen LogP contribution in [0.4, 0.5) is 0 Å². The number of nitrogens with one attached hydrogen (secondary N) is 1. The Labute approximate surface area is 217 Å². The summed E-state index contributed by atoms with van der Waals surface area (Å²) in [4.78, 5) is 41.1. The van der Waals surface area contributed by atoms with Crippen LogP contribution in [0.15, 0.2) is 59.4 Å². The van der Waals surface area contributed by atoms with Crippen LogP contribution in [0.5, 0.6) is 5.75 Å². The second kappa shape index (κ2) is 10.4. The predicted molar refractivity (Wildman–Crippen MR) is 137 cm³/mol. The van der Waals surface area contributed by atoms with Gasteiger partial charge in [-0.2, -0.15) is 0 Å². The van der Waals surface area contributed by atoms with Gasteiger partial charge in [0, 0.05) is 18.0 Å². The fraction of sp³-hybridized carbons (Fsp3) is 0.286. The number of carbonyl (C=O) groups excluding carboxylic acids is 1. The van der Waals surface area contributed by atoms with Crippen molar-refractivity contribution < 1.29 is 34.1 Å². The third kappa shape index (κ3) is 4.97. The highest BCUT2D eigenvalue weighted by molar-refractivity contribution is 5.99. The lowest BCUT2D eigenvalue weighted by molar-refractivity contribution is -0.139. The minimum atomic E-state index is -1.34. The van der Waals surface area contributed by atoms with Gasteiger partial charge in [-0.1, -0.05) is 25.3 Å². The zero-order valence-corrected chi connectivity index (χ0v) is 20.5. The number of carboxylic acids is 2. The van der Waals surface area contributed by atoms with E-state index in [1.54, 1.807) is 24.7 Å². The van der Waals surface area contributed by atoms with E-state index in [4.69, 9.17) is 9.40 Å². The summed E-state index contributed by atoms with van der Waals surface area (Å²) in [7, 11) is 0. The molecular formula is C28H27N3O7. The average molecular weight is 518 g/mol. The molecule has 2 aromatic heterocycles. The van der Waals surface area contributed by atoms with E-state index < -0.39 is 29.6 Å². The van der Waals surface area contributed by atoms with Crippen LogP contribution in [0.1, 0.15) is 64.4 Å². The lowest BCUT2D eigenvalue weighted by atomic mass is 9.95. The Morgan fingerprint density at radius 3 is 2.53 bits per heavy atom. The number of aromatic nitrogens is 2. The molecule has 196 valence electrons. The number of phenols is 1. The molecule has 1 unspecified atom stereocenters. The number of nitrogens with zero attached hydrogens (tertiary/aromatic N) is 2. The van der Waals surface area contributed by atoms with Gasteiger partial charge in [-0.05, 0) is 54.8 Å². The smallest absolute Gasteiger partial charge is 0.339 e. The Kier molecular flexibility index (Phi) is 6.87. The number of fused-ring (bicyclic) bond motifs is 1. The summed E-state index contributed by atoms with van der Waals surface area (Å²) in [5, 5.41) is 31.2. The Balaban J connectivity index is 1.42. The van der Waals surface area contributed by atoms with Gasteiger partial charge in [0.2, 0.25) is 0 Å². The molecule has 4 aromatic rings. The maximum atomic E-state index is 13.1. The van der Waals surface area contributed by atoms with Crippen molar-refractivity contribution >= 4 is 28.9 Å². The number of hydrogen-bond acceptors (Lipinski definition) is 6. The summed E-state index contributed by atoms with van der Waals surface area (Å²) in [6.07, 6.45) is 8.65. The van der Waals surface area contributed by atoms with Crippen LogP contribution in [-0.4, -0.2) is 48.8 Å². The number of aromatic hydroxyl groups is 1. The van der Waals surface area contributed by atoms with E-state index in [-0.39, 0.29) is 23.6 Å². The lowest BCUT2D eigenvalue weighted by Crippen LogP contribution is -2.42. The van der Waals surface area contributed by atoms with E-state index in [9.17, 15) is 29.7 Å². The SMILES string of the molecule is O=C(NC(Cc1ccc(O)c(C(=O)O)c1)C(=O)O)c1ccc2c(c1)nc(-c1ccoc1)n2C1CCCCC1. The fourth-order valence-corrected chi connectivity index (χ4v) is 5.10. The molecule has 4 N–H and O–H groups in total. The average Bonchev–Trinajstić information content (AvgIpc) is 3.57. The summed E-state index contributed by atoms with van der Waals surface area (Å²) < 4.78 is 7.51. The number of imidazole rings is 1. The van der Waals surface area contributed by atoms with Crippen molar-refractivity contribution in [3.05, 3.63) is 71.7 Å². The van der Waals surface area contributed by atoms with E-state index in [1.807, 2.05) is 12.1 Å². The molecule has 1 atom stereocenters. The molecule has 0 aliphatic heterocycles. The van der Waals surface area contributed by atoms with Gasteiger partial charge in [-0.15, -0.1) is 0 Å². The molecule has 0 radical (unpaired) electrons. The van der Waals surface area contributed by atoms with Crippen LogP contribution in [0.3, 0.4) is 0 Å². The predicted octanol–water partition coefficient (Wildman–Crippen LogP) is 4.63.